The summed E-state index contributed by atoms with van der Waals surface area (Å²) in [4.78, 5) is 19.5. The molecule has 0 aliphatic carbocycles. The molecule has 2 N–H and O–H groups in total. The van der Waals surface area contributed by atoms with Gasteiger partial charge in [0, 0.05) is 6.20 Å². The lowest BCUT2D eigenvalue weighted by atomic mass is 9.97. The van der Waals surface area contributed by atoms with E-state index >= 15 is 0 Å². The van der Waals surface area contributed by atoms with Crippen LogP contribution in [-0.4, -0.2) is 45.7 Å². The number of aromatic hydroxyl groups is 1. The first-order valence-electron chi connectivity index (χ1n) is 10.4. The van der Waals surface area contributed by atoms with Crippen molar-refractivity contribution in [2.75, 3.05) is 0 Å². The van der Waals surface area contributed by atoms with Gasteiger partial charge in [0.1, 0.15) is 11.0 Å². The molecule has 0 aliphatic rings. The van der Waals surface area contributed by atoms with Gasteiger partial charge in [-0.2, -0.15) is 15.2 Å². The molecule has 33 heavy (non-hydrogen) atoms. The Labute approximate surface area is 188 Å². The molecule has 2 aromatic carbocycles. The number of aromatic carboxylic acids is 1. The molecule has 0 bridgehead atoms. The molecule has 3 heterocycles. The smallest absolute Gasteiger partial charge is 0.338 e. The monoisotopic (exact) mass is 440 g/mol. The molecule has 5 aromatic rings. The molecule has 9 nitrogen and oxygen atoms in total. The quantitative estimate of drug-likeness (QED) is 0.413. The van der Waals surface area contributed by atoms with Gasteiger partial charge in [-0.3, -0.25) is 4.68 Å². The van der Waals surface area contributed by atoms with Gasteiger partial charge < -0.3 is 10.2 Å². The number of hydrogen-bond acceptors (Lipinski definition) is 6. The first-order valence-corrected chi connectivity index (χ1v) is 10.4. The van der Waals surface area contributed by atoms with Crippen LogP contribution in [0.4, 0.5) is 0 Å². The highest BCUT2D eigenvalue weighted by atomic mass is 16.4. The third kappa shape index (κ3) is 3.80. The maximum atomic E-state index is 11.1. The highest BCUT2D eigenvalue weighted by molar-refractivity contribution is 5.87. The minimum absolute atomic E-state index is 0.00103. The summed E-state index contributed by atoms with van der Waals surface area (Å²) in [5, 5.41) is 27.9. The van der Waals surface area contributed by atoms with Crippen LogP contribution in [-0.2, 0) is 13.0 Å². The molecular formula is C24H20N6O3. The van der Waals surface area contributed by atoms with Gasteiger partial charge in [-0.15, -0.1) is 0 Å². The summed E-state index contributed by atoms with van der Waals surface area (Å²) in [7, 11) is 0. The van der Waals surface area contributed by atoms with Crippen molar-refractivity contribution in [2.45, 2.75) is 19.9 Å². The SMILES string of the molecule is CCc1ccccc1-c1ccc(Cn2ncc3nc(-n4cc(C(=O)O)cn4)nc(O)c32)cc1. The molecule has 0 saturated carbocycles. The van der Waals surface area contributed by atoms with Gasteiger partial charge in [-0.1, -0.05) is 55.5 Å². The average Bonchev–Trinajstić information content (AvgIpc) is 3.48. The van der Waals surface area contributed by atoms with Crippen molar-refractivity contribution < 1.29 is 15.0 Å². The van der Waals surface area contributed by atoms with Gasteiger partial charge >= 0.3 is 5.97 Å². The van der Waals surface area contributed by atoms with Crippen LogP contribution in [0, 0.1) is 0 Å². The van der Waals surface area contributed by atoms with Crippen molar-refractivity contribution in [2.24, 2.45) is 0 Å². The lowest BCUT2D eigenvalue weighted by Gasteiger charge is -2.10. The van der Waals surface area contributed by atoms with Crippen LogP contribution >= 0.6 is 0 Å². The Balaban J connectivity index is 1.43. The van der Waals surface area contributed by atoms with Gasteiger partial charge in [0.15, 0.2) is 0 Å². The number of fused-ring (bicyclic) bond motifs is 1. The third-order valence-corrected chi connectivity index (χ3v) is 5.49. The number of benzene rings is 2. The Morgan fingerprint density at radius 2 is 1.79 bits per heavy atom. The molecular weight excluding hydrogens is 420 g/mol. The Morgan fingerprint density at radius 1 is 1.00 bits per heavy atom. The first-order chi connectivity index (χ1) is 16.0. The van der Waals surface area contributed by atoms with E-state index in [1.165, 1.54) is 34.4 Å². The Morgan fingerprint density at radius 3 is 2.52 bits per heavy atom. The normalized spacial score (nSPS) is 11.2. The third-order valence-electron chi connectivity index (χ3n) is 5.49. The number of aryl methyl sites for hydroxylation is 1. The van der Waals surface area contributed by atoms with Crippen molar-refractivity contribution in [1.29, 1.82) is 0 Å². The zero-order valence-electron chi connectivity index (χ0n) is 17.8. The summed E-state index contributed by atoms with van der Waals surface area (Å²) < 4.78 is 2.84. The zero-order chi connectivity index (χ0) is 22.9. The molecule has 164 valence electrons. The molecule has 0 atom stereocenters. The van der Waals surface area contributed by atoms with Gasteiger partial charge in [-0.05, 0) is 28.7 Å². The summed E-state index contributed by atoms with van der Waals surface area (Å²) in [5.41, 5.74) is 5.51. The predicted octanol–water partition coefficient (Wildman–Crippen LogP) is 3.69. The number of rotatable bonds is 6. The molecule has 3 aromatic heterocycles. The van der Waals surface area contributed by atoms with Gasteiger partial charge in [0.25, 0.3) is 5.95 Å². The molecule has 0 fully saturated rings. The van der Waals surface area contributed by atoms with Crippen molar-refractivity contribution in [3.05, 3.63) is 83.8 Å². The van der Waals surface area contributed by atoms with Gasteiger partial charge in [-0.25, -0.2) is 14.5 Å². The molecule has 0 radical (unpaired) electrons. The van der Waals surface area contributed by atoms with Crippen molar-refractivity contribution in [1.82, 2.24) is 29.5 Å². The fraction of sp³-hybridized carbons (Fsp3) is 0.125. The molecule has 0 aliphatic heterocycles. The van der Waals surface area contributed by atoms with Crippen molar-refractivity contribution in [3.63, 3.8) is 0 Å². The number of carboxylic acids is 1. The Bertz CT molecular complexity index is 1470. The number of aromatic nitrogens is 6. The topological polar surface area (TPSA) is 119 Å². The first kappa shape index (κ1) is 20.4. The van der Waals surface area contributed by atoms with E-state index in [0.717, 1.165) is 17.5 Å². The largest absolute Gasteiger partial charge is 0.492 e. The van der Waals surface area contributed by atoms with Crippen LogP contribution in [0.1, 0.15) is 28.4 Å². The zero-order valence-corrected chi connectivity index (χ0v) is 17.8. The van der Waals surface area contributed by atoms with E-state index in [9.17, 15) is 9.90 Å². The summed E-state index contributed by atoms with van der Waals surface area (Å²) in [5.74, 6) is -1.30. The molecule has 0 saturated heterocycles. The summed E-state index contributed by atoms with van der Waals surface area (Å²) in [6.45, 7) is 2.58. The number of hydrogen-bond donors (Lipinski definition) is 2. The van der Waals surface area contributed by atoms with Gasteiger partial charge in [0.05, 0.1) is 24.5 Å². The van der Waals surface area contributed by atoms with E-state index in [2.05, 4.69) is 57.4 Å². The summed E-state index contributed by atoms with van der Waals surface area (Å²) in [6, 6.07) is 16.6. The number of carboxylic acid groups (broad SMARTS) is 1. The molecule has 9 heteroatoms. The minimum Gasteiger partial charge on any atom is -0.492 e. The van der Waals surface area contributed by atoms with Crippen LogP contribution in [0.2, 0.25) is 0 Å². The van der Waals surface area contributed by atoms with E-state index in [-0.39, 0.29) is 17.4 Å². The fourth-order valence-electron chi connectivity index (χ4n) is 3.81. The van der Waals surface area contributed by atoms with Gasteiger partial charge in [0.2, 0.25) is 5.88 Å². The second-order valence-corrected chi connectivity index (χ2v) is 7.57. The predicted molar refractivity (Wildman–Crippen MR) is 121 cm³/mol. The van der Waals surface area contributed by atoms with Crippen LogP contribution in [0.5, 0.6) is 5.88 Å². The standard InChI is InChI=1S/C24H20N6O3/c1-2-16-5-3-4-6-19(16)17-9-7-15(8-10-17)13-29-21-20(12-26-29)27-24(28-22(21)31)30-14-18(11-25-30)23(32)33/h3-12,14H,2,13H2,1H3,(H,32,33)(H,27,28,31). The van der Waals surface area contributed by atoms with Crippen molar-refractivity contribution in [3.8, 4) is 23.0 Å². The molecule has 0 amide bonds. The summed E-state index contributed by atoms with van der Waals surface area (Å²) >= 11 is 0. The number of carbonyl (C=O) groups is 1. The van der Waals surface area contributed by atoms with E-state index < -0.39 is 5.97 Å². The van der Waals surface area contributed by atoms with Crippen LogP contribution in [0.25, 0.3) is 28.1 Å². The maximum Gasteiger partial charge on any atom is 0.338 e. The Kier molecular flexibility index (Phi) is 5.06. The fourth-order valence-corrected chi connectivity index (χ4v) is 3.81. The minimum atomic E-state index is -1.11. The molecule has 0 spiro atoms. The lowest BCUT2D eigenvalue weighted by molar-refractivity contribution is 0.0697. The Hall–Kier alpha value is -4.53. The van der Waals surface area contributed by atoms with Crippen LogP contribution in [0.15, 0.2) is 67.1 Å². The van der Waals surface area contributed by atoms with E-state index in [1.54, 1.807) is 4.68 Å². The van der Waals surface area contributed by atoms with E-state index in [1.807, 2.05) is 18.2 Å². The highest BCUT2D eigenvalue weighted by Gasteiger charge is 2.16. The second kappa shape index (κ2) is 8.19. The average molecular weight is 440 g/mol. The number of nitrogens with zero attached hydrogens (tertiary/aromatic N) is 6. The second-order valence-electron chi connectivity index (χ2n) is 7.57. The maximum absolute atomic E-state index is 11.1. The summed E-state index contributed by atoms with van der Waals surface area (Å²) in [6.07, 6.45) is 4.98. The van der Waals surface area contributed by atoms with E-state index in [4.69, 9.17) is 5.11 Å². The van der Waals surface area contributed by atoms with Crippen LogP contribution < -0.4 is 0 Å². The highest BCUT2D eigenvalue weighted by Crippen LogP contribution is 2.26. The van der Waals surface area contributed by atoms with E-state index in [0.29, 0.717) is 17.6 Å². The lowest BCUT2D eigenvalue weighted by Crippen LogP contribution is -2.05. The van der Waals surface area contributed by atoms with Crippen molar-refractivity contribution >= 4 is 17.0 Å². The van der Waals surface area contributed by atoms with Crippen LogP contribution in [0.3, 0.4) is 0 Å². The molecule has 0 unspecified atom stereocenters. The molecule has 5 rings (SSSR count).